The van der Waals surface area contributed by atoms with Gasteiger partial charge in [0.25, 0.3) is 0 Å². The molecule has 1 N–H and O–H groups in total. The second-order valence-electron chi connectivity index (χ2n) is 7.80. The number of halogens is 3. The Hall–Kier alpha value is -2.28. The Morgan fingerprint density at radius 3 is 2.41 bits per heavy atom. The molecule has 1 heterocycles. The predicted octanol–water partition coefficient (Wildman–Crippen LogP) is 4.60. The molecule has 0 saturated carbocycles. The van der Waals surface area contributed by atoms with Crippen molar-refractivity contribution in [3.63, 3.8) is 0 Å². The van der Waals surface area contributed by atoms with Gasteiger partial charge >= 0.3 is 6.18 Å². The molecule has 0 spiro atoms. The van der Waals surface area contributed by atoms with Crippen LogP contribution in [-0.2, 0) is 4.79 Å². The van der Waals surface area contributed by atoms with Gasteiger partial charge in [0.15, 0.2) is 0 Å². The van der Waals surface area contributed by atoms with Crippen LogP contribution in [0.3, 0.4) is 0 Å². The molecule has 27 heavy (non-hydrogen) atoms. The Bertz CT molecular complexity index is 862. The molecule has 1 aliphatic rings. The van der Waals surface area contributed by atoms with Gasteiger partial charge in [-0.3, -0.25) is 10.2 Å². The van der Waals surface area contributed by atoms with Crippen LogP contribution in [0.25, 0.3) is 10.8 Å². The first-order valence-electron chi connectivity index (χ1n) is 8.83. The van der Waals surface area contributed by atoms with Crippen LogP contribution in [0.2, 0.25) is 0 Å². The number of fused-ring (bicyclic) bond motifs is 1. The van der Waals surface area contributed by atoms with Gasteiger partial charge in [-0.25, -0.2) is 5.01 Å². The fraction of sp³-hybridized carbons (Fsp3) is 0.450. The molecule has 0 aromatic heterocycles. The summed E-state index contributed by atoms with van der Waals surface area (Å²) in [6, 6.07) is 8.15. The lowest BCUT2D eigenvalue weighted by atomic mass is 9.93. The van der Waals surface area contributed by atoms with Gasteiger partial charge in [0.1, 0.15) is 11.8 Å². The second kappa shape index (κ2) is 6.71. The topological polar surface area (TPSA) is 41.6 Å². The summed E-state index contributed by atoms with van der Waals surface area (Å²) in [5, 5.41) is 2.39. The molecule has 7 heteroatoms. The van der Waals surface area contributed by atoms with Gasteiger partial charge in [-0.1, -0.05) is 24.3 Å². The normalized spacial score (nSPS) is 18.7. The number of nitrogens with zero attached hydrogens (tertiary/aromatic N) is 1. The number of carbonyl (C=O) groups is 1. The van der Waals surface area contributed by atoms with E-state index in [1.165, 1.54) is 12.1 Å². The number of hydrogen-bond donors (Lipinski definition) is 1. The molecule has 3 rings (SSSR count). The van der Waals surface area contributed by atoms with Crippen LogP contribution in [0.4, 0.5) is 13.2 Å². The third-order valence-electron chi connectivity index (χ3n) is 4.57. The highest BCUT2D eigenvalue weighted by molar-refractivity contribution is 5.89. The number of amides is 1. The van der Waals surface area contributed by atoms with Crippen LogP contribution < -0.4 is 10.2 Å². The van der Waals surface area contributed by atoms with Crippen LogP contribution in [0, 0.1) is 5.41 Å². The highest BCUT2D eigenvalue weighted by Gasteiger charge is 2.51. The standard InChI is InChI=1S/C20H23F3N2O2/c1-12(2)27-16-10-14(9-13-7-5-6-8-15(13)16)17(20(21,22)23)25-11-19(3,4)18(26)24-25/h5-10,12,17H,11H2,1-4H3,(H,24,26)/t17-/m0/s1. The van der Waals surface area contributed by atoms with Crippen molar-refractivity contribution in [2.24, 2.45) is 5.41 Å². The third-order valence-corrected chi connectivity index (χ3v) is 4.57. The van der Waals surface area contributed by atoms with Gasteiger partial charge in [0.05, 0.1) is 11.5 Å². The summed E-state index contributed by atoms with van der Waals surface area (Å²) in [5.74, 6) is -0.0201. The highest BCUT2D eigenvalue weighted by Crippen LogP contribution is 2.43. The number of hydrazine groups is 1. The Kier molecular flexibility index (Phi) is 4.84. The molecular weight excluding hydrogens is 357 g/mol. The lowest BCUT2D eigenvalue weighted by molar-refractivity contribution is -0.191. The van der Waals surface area contributed by atoms with E-state index in [2.05, 4.69) is 5.43 Å². The molecule has 0 bridgehead atoms. The van der Waals surface area contributed by atoms with Crippen molar-refractivity contribution in [3.05, 3.63) is 42.0 Å². The zero-order valence-corrected chi connectivity index (χ0v) is 15.7. The first-order chi connectivity index (χ1) is 12.5. The van der Waals surface area contributed by atoms with E-state index in [1.54, 1.807) is 26.0 Å². The number of nitrogens with one attached hydrogen (secondary N) is 1. The van der Waals surface area contributed by atoms with Crippen molar-refractivity contribution in [2.45, 2.75) is 46.0 Å². The number of benzene rings is 2. The van der Waals surface area contributed by atoms with E-state index in [0.717, 1.165) is 10.4 Å². The molecule has 1 aliphatic heterocycles. The average Bonchev–Trinajstić information content (AvgIpc) is 2.78. The van der Waals surface area contributed by atoms with Crippen molar-refractivity contribution in [1.29, 1.82) is 0 Å². The molecule has 0 unspecified atom stereocenters. The summed E-state index contributed by atoms with van der Waals surface area (Å²) in [6.45, 7) is 6.87. The minimum Gasteiger partial charge on any atom is -0.490 e. The zero-order valence-electron chi connectivity index (χ0n) is 15.7. The summed E-state index contributed by atoms with van der Waals surface area (Å²) in [6.07, 6.45) is -4.75. The van der Waals surface area contributed by atoms with Gasteiger partial charge in [0, 0.05) is 11.9 Å². The fourth-order valence-electron chi connectivity index (χ4n) is 3.33. The van der Waals surface area contributed by atoms with E-state index in [4.69, 9.17) is 4.74 Å². The maximum Gasteiger partial charge on any atom is 0.409 e. The van der Waals surface area contributed by atoms with Crippen molar-refractivity contribution in [1.82, 2.24) is 10.4 Å². The molecule has 4 nitrogen and oxygen atoms in total. The second-order valence-corrected chi connectivity index (χ2v) is 7.80. The van der Waals surface area contributed by atoms with Gasteiger partial charge in [-0.15, -0.1) is 0 Å². The van der Waals surface area contributed by atoms with Crippen molar-refractivity contribution < 1.29 is 22.7 Å². The zero-order chi connectivity index (χ0) is 20.0. The Balaban J connectivity index is 2.13. The summed E-state index contributed by atoms with van der Waals surface area (Å²) in [5.41, 5.74) is 1.54. The lowest BCUT2D eigenvalue weighted by Gasteiger charge is -2.30. The van der Waals surface area contributed by atoms with E-state index in [9.17, 15) is 18.0 Å². The van der Waals surface area contributed by atoms with Crippen LogP contribution in [0.1, 0.15) is 39.3 Å². The molecule has 0 aliphatic carbocycles. The molecule has 1 saturated heterocycles. The molecule has 1 fully saturated rings. The maximum absolute atomic E-state index is 14.0. The number of ether oxygens (including phenoxy) is 1. The van der Waals surface area contributed by atoms with Crippen molar-refractivity contribution >= 4 is 16.7 Å². The van der Waals surface area contributed by atoms with Crippen molar-refractivity contribution in [2.75, 3.05) is 6.54 Å². The summed E-state index contributed by atoms with van der Waals surface area (Å²) >= 11 is 0. The van der Waals surface area contributed by atoms with Crippen LogP contribution in [0.15, 0.2) is 36.4 Å². The molecule has 146 valence electrons. The predicted molar refractivity (Wildman–Crippen MR) is 97.1 cm³/mol. The third kappa shape index (κ3) is 3.88. The molecule has 0 radical (unpaired) electrons. The van der Waals surface area contributed by atoms with Crippen LogP contribution in [0.5, 0.6) is 5.75 Å². The lowest BCUT2D eigenvalue weighted by Crippen LogP contribution is -2.43. The highest BCUT2D eigenvalue weighted by atomic mass is 19.4. The SMILES string of the molecule is CC(C)Oc1cc([C@H](N2CC(C)(C)C(=O)N2)C(F)(F)F)cc2ccccc12. The smallest absolute Gasteiger partial charge is 0.409 e. The van der Waals surface area contributed by atoms with E-state index in [0.29, 0.717) is 11.1 Å². The summed E-state index contributed by atoms with van der Waals surface area (Å²) < 4.78 is 47.8. The maximum atomic E-state index is 14.0. The Morgan fingerprint density at radius 2 is 1.85 bits per heavy atom. The number of carbonyl (C=O) groups excluding carboxylic acids is 1. The Labute approximate surface area is 156 Å². The first kappa shape index (κ1) is 19.5. The quantitative estimate of drug-likeness (QED) is 0.843. The van der Waals surface area contributed by atoms with Crippen LogP contribution >= 0.6 is 0 Å². The van der Waals surface area contributed by atoms with E-state index >= 15 is 0 Å². The molecule has 2 aromatic rings. The molecule has 1 amide bonds. The summed E-state index contributed by atoms with van der Waals surface area (Å²) in [7, 11) is 0. The summed E-state index contributed by atoms with van der Waals surface area (Å²) in [4.78, 5) is 12.0. The van der Waals surface area contributed by atoms with E-state index < -0.39 is 23.5 Å². The van der Waals surface area contributed by atoms with Gasteiger partial charge in [0.2, 0.25) is 5.91 Å². The molecule has 2 aromatic carbocycles. The van der Waals surface area contributed by atoms with Gasteiger partial charge < -0.3 is 4.74 Å². The van der Waals surface area contributed by atoms with Crippen LogP contribution in [-0.4, -0.2) is 29.7 Å². The number of alkyl halides is 3. The van der Waals surface area contributed by atoms with Crippen molar-refractivity contribution in [3.8, 4) is 5.75 Å². The minimum atomic E-state index is -4.56. The largest absolute Gasteiger partial charge is 0.490 e. The molecular formula is C20H23F3N2O2. The molecule has 1 atom stereocenters. The minimum absolute atomic E-state index is 0.0369. The number of rotatable bonds is 4. The van der Waals surface area contributed by atoms with E-state index in [1.807, 2.05) is 26.0 Å². The average molecular weight is 380 g/mol. The monoisotopic (exact) mass is 380 g/mol. The van der Waals surface area contributed by atoms with Gasteiger partial charge in [-0.2, -0.15) is 13.2 Å². The van der Waals surface area contributed by atoms with E-state index in [-0.39, 0.29) is 18.2 Å². The fourth-order valence-corrected chi connectivity index (χ4v) is 3.33. The Morgan fingerprint density at radius 1 is 1.19 bits per heavy atom. The number of hydrogen-bond acceptors (Lipinski definition) is 3. The first-order valence-corrected chi connectivity index (χ1v) is 8.83. The van der Waals surface area contributed by atoms with Gasteiger partial charge in [-0.05, 0) is 50.8 Å².